The summed E-state index contributed by atoms with van der Waals surface area (Å²) in [4.78, 5) is 38.2. The molecule has 7 heteroatoms. The fourth-order valence-electron chi connectivity index (χ4n) is 3.52. The summed E-state index contributed by atoms with van der Waals surface area (Å²) in [5.74, 6) is -1.87. The third kappa shape index (κ3) is 6.52. The number of hydrogen-bond donors (Lipinski definition) is 3. The summed E-state index contributed by atoms with van der Waals surface area (Å²) >= 11 is 0. The summed E-state index contributed by atoms with van der Waals surface area (Å²) < 4.78 is 4.85. The minimum Gasteiger partial charge on any atom is -0.467 e. The van der Waals surface area contributed by atoms with Crippen LogP contribution in [0.25, 0.3) is 0 Å². The van der Waals surface area contributed by atoms with Gasteiger partial charge in [-0.25, -0.2) is 4.79 Å². The molecular weight excluding hydrogens is 432 g/mol. The van der Waals surface area contributed by atoms with Crippen LogP contribution in [0.1, 0.15) is 33.1 Å². The van der Waals surface area contributed by atoms with E-state index in [0.717, 1.165) is 11.1 Å². The molecule has 34 heavy (non-hydrogen) atoms. The molecule has 0 spiro atoms. The molecule has 0 bridgehead atoms. The first-order valence-corrected chi connectivity index (χ1v) is 10.9. The lowest BCUT2D eigenvalue weighted by atomic mass is 9.99. The first-order valence-electron chi connectivity index (χ1n) is 10.9. The molecule has 0 fully saturated rings. The van der Waals surface area contributed by atoms with E-state index in [1.54, 1.807) is 60.7 Å². The second kappa shape index (κ2) is 11.8. The number of benzene rings is 3. The summed E-state index contributed by atoms with van der Waals surface area (Å²) in [7, 11) is 1.24. The van der Waals surface area contributed by atoms with E-state index in [1.807, 2.05) is 31.2 Å². The van der Waals surface area contributed by atoms with Gasteiger partial charge >= 0.3 is 5.97 Å². The van der Waals surface area contributed by atoms with Crippen molar-refractivity contribution in [2.45, 2.75) is 31.5 Å². The number of carbonyl (C=O) groups excluding carboxylic acids is 3. The zero-order chi connectivity index (χ0) is 24.5. The van der Waals surface area contributed by atoms with E-state index in [-0.39, 0.29) is 6.42 Å². The Kier molecular flexibility index (Phi) is 8.54. The maximum Gasteiger partial charge on any atom is 0.328 e. The highest BCUT2D eigenvalue weighted by Gasteiger charge is 2.32. The van der Waals surface area contributed by atoms with Crippen molar-refractivity contribution in [2.24, 2.45) is 0 Å². The predicted octanol–water partition coefficient (Wildman–Crippen LogP) is 2.73. The highest BCUT2D eigenvalue weighted by Crippen LogP contribution is 2.19. The molecule has 3 aromatic rings. The number of methoxy groups -OCH3 is 1. The molecule has 7 nitrogen and oxygen atoms in total. The summed E-state index contributed by atoms with van der Waals surface area (Å²) in [6.45, 7) is 1.95. The van der Waals surface area contributed by atoms with E-state index >= 15 is 0 Å². The monoisotopic (exact) mass is 460 g/mol. The van der Waals surface area contributed by atoms with Crippen LogP contribution < -0.4 is 10.6 Å². The third-order valence-electron chi connectivity index (χ3n) is 5.43. The van der Waals surface area contributed by atoms with Gasteiger partial charge in [-0.15, -0.1) is 0 Å². The number of nitrogens with one attached hydrogen (secondary N) is 2. The van der Waals surface area contributed by atoms with Crippen LogP contribution >= 0.6 is 0 Å². The van der Waals surface area contributed by atoms with Crippen molar-refractivity contribution in [1.29, 1.82) is 0 Å². The first kappa shape index (κ1) is 24.7. The smallest absolute Gasteiger partial charge is 0.328 e. The van der Waals surface area contributed by atoms with Gasteiger partial charge in [0.05, 0.1) is 13.2 Å². The molecule has 0 saturated heterocycles. The Morgan fingerprint density at radius 2 is 1.44 bits per heavy atom. The van der Waals surface area contributed by atoms with Crippen molar-refractivity contribution in [3.63, 3.8) is 0 Å². The minimum atomic E-state index is -1.65. The summed E-state index contributed by atoms with van der Waals surface area (Å²) in [6.07, 6.45) is -1.46. The second-order valence-corrected chi connectivity index (χ2v) is 7.95. The molecule has 2 amide bonds. The van der Waals surface area contributed by atoms with Crippen molar-refractivity contribution in [3.05, 3.63) is 107 Å². The van der Waals surface area contributed by atoms with Gasteiger partial charge in [-0.1, -0.05) is 78.4 Å². The zero-order valence-corrected chi connectivity index (χ0v) is 19.1. The van der Waals surface area contributed by atoms with Gasteiger partial charge in [0, 0.05) is 12.0 Å². The van der Waals surface area contributed by atoms with Crippen molar-refractivity contribution in [3.8, 4) is 0 Å². The van der Waals surface area contributed by atoms with Crippen LogP contribution in [0.3, 0.4) is 0 Å². The molecule has 0 aliphatic heterocycles. The van der Waals surface area contributed by atoms with Crippen LogP contribution in [0.15, 0.2) is 84.9 Å². The van der Waals surface area contributed by atoms with Crippen LogP contribution in [0.5, 0.6) is 0 Å². The number of aliphatic hydroxyl groups excluding tert-OH is 1. The molecule has 0 aliphatic rings. The maximum atomic E-state index is 13.0. The molecule has 0 aliphatic carbocycles. The van der Waals surface area contributed by atoms with Gasteiger partial charge in [-0.05, 0) is 30.2 Å². The Morgan fingerprint density at radius 3 is 2.03 bits per heavy atom. The summed E-state index contributed by atoms with van der Waals surface area (Å²) in [5, 5.41) is 16.3. The van der Waals surface area contributed by atoms with Gasteiger partial charge in [0.15, 0.2) is 6.10 Å². The van der Waals surface area contributed by atoms with Crippen LogP contribution in [0.2, 0.25) is 0 Å². The molecule has 176 valence electrons. The fraction of sp³-hybridized carbons (Fsp3) is 0.222. The van der Waals surface area contributed by atoms with E-state index in [0.29, 0.717) is 11.1 Å². The van der Waals surface area contributed by atoms with Crippen LogP contribution in [0, 0.1) is 6.92 Å². The molecule has 3 N–H and O–H groups in total. The molecule has 0 aromatic heterocycles. The Labute approximate surface area is 198 Å². The van der Waals surface area contributed by atoms with E-state index in [4.69, 9.17) is 4.74 Å². The number of rotatable bonds is 9. The quantitative estimate of drug-likeness (QED) is 0.426. The van der Waals surface area contributed by atoms with E-state index in [9.17, 15) is 19.5 Å². The van der Waals surface area contributed by atoms with Gasteiger partial charge in [-0.3, -0.25) is 9.59 Å². The van der Waals surface area contributed by atoms with Gasteiger partial charge in [0.1, 0.15) is 6.04 Å². The highest BCUT2D eigenvalue weighted by molar-refractivity contribution is 5.95. The SMILES string of the molecule is COC(=O)[C@H](Cc1ccc(C)cc1)NC(=O)[C@H](O)[C@@H](NC(=O)c1ccccc1)c1ccccc1. The van der Waals surface area contributed by atoms with E-state index in [1.165, 1.54) is 7.11 Å². The van der Waals surface area contributed by atoms with Crippen LogP contribution in [0.4, 0.5) is 0 Å². The lowest BCUT2D eigenvalue weighted by Gasteiger charge is -2.26. The highest BCUT2D eigenvalue weighted by atomic mass is 16.5. The first-order chi connectivity index (χ1) is 16.4. The standard InChI is InChI=1S/C27H28N2O5/c1-18-13-15-19(16-14-18)17-22(27(33)34-2)28-26(32)24(30)23(20-9-5-3-6-10-20)29-25(31)21-11-7-4-8-12-21/h3-16,22-24,30H,17H2,1-2H3,(H,28,32)(H,29,31)/t22-,23-,24+/m0/s1. The fourth-order valence-corrected chi connectivity index (χ4v) is 3.52. The average Bonchev–Trinajstić information content (AvgIpc) is 2.88. The van der Waals surface area contributed by atoms with Gasteiger partial charge in [0.25, 0.3) is 11.8 Å². The maximum absolute atomic E-state index is 13.0. The number of ether oxygens (including phenoxy) is 1. The van der Waals surface area contributed by atoms with E-state index in [2.05, 4.69) is 10.6 Å². The van der Waals surface area contributed by atoms with Crippen LogP contribution in [-0.4, -0.2) is 42.1 Å². The predicted molar refractivity (Wildman–Crippen MR) is 128 cm³/mol. The average molecular weight is 461 g/mol. The Morgan fingerprint density at radius 1 is 0.853 bits per heavy atom. The van der Waals surface area contributed by atoms with Crippen molar-refractivity contribution in [1.82, 2.24) is 10.6 Å². The van der Waals surface area contributed by atoms with Crippen molar-refractivity contribution >= 4 is 17.8 Å². The summed E-state index contributed by atoms with van der Waals surface area (Å²) in [5.41, 5.74) is 2.83. The lowest BCUT2D eigenvalue weighted by molar-refractivity contribution is -0.146. The van der Waals surface area contributed by atoms with Gasteiger partial charge in [-0.2, -0.15) is 0 Å². The van der Waals surface area contributed by atoms with Crippen molar-refractivity contribution in [2.75, 3.05) is 7.11 Å². The molecule has 3 aromatic carbocycles. The molecule has 3 atom stereocenters. The Hall–Kier alpha value is -3.97. The third-order valence-corrected chi connectivity index (χ3v) is 5.43. The number of amides is 2. The minimum absolute atomic E-state index is 0.192. The number of esters is 1. The van der Waals surface area contributed by atoms with Crippen LogP contribution in [-0.2, 0) is 20.7 Å². The summed E-state index contributed by atoms with van der Waals surface area (Å²) in [6, 6.07) is 22.7. The number of carbonyl (C=O) groups is 3. The van der Waals surface area contributed by atoms with Gasteiger partial charge < -0.3 is 20.5 Å². The van der Waals surface area contributed by atoms with Crippen molar-refractivity contribution < 1.29 is 24.2 Å². The Balaban J connectivity index is 1.80. The number of hydrogen-bond acceptors (Lipinski definition) is 5. The molecule has 0 unspecified atom stereocenters. The molecule has 0 saturated carbocycles. The zero-order valence-electron chi connectivity index (χ0n) is 19.1. The topological polar surface area (TPSA) is 105 Å². The lowest BCUT2D eigenvalue weighted by Crippen LogP contribution is -2.51. The number of aryl methyl sites for hydroxylation is 1. The van der Waals surface area contributed by atoms with E-state index < -0.39 is 36.0 Å². The number of aliphatic hydroxyl groups is 1. The molecule has 0 radical (unpaired) electrons. The Bertz CT molecular complexity index is 1100. The second-order valence-electron chi connectivity index (χ2n) is 7.95. The molecule has 0 heterocycles. The normalized spacial score (nSPS) is 13.3. The van der Waals surface area contributed by atoms with Gasteiger partial charge in [0.2, 0.25) is 0 Å². The molecule has 3 rings (SSSR count). The molecular formula is C27H28N2O5. The largest absolute Gasteiger partial charge is 0.467 e.